The van der Waals surface area contributed by atoms with Gasteiger partial charge in [0.1, 0.15) is 11.5 Å². The van der Waals surface area contributed by atoms with Crippen LogP contribution >= 0.6 is 22.6 Å². The summed E-state index contributed by atoms with van der Waals surface area (Å²) in [5.41, 5.74) is -0.590. The molecule has 154 valence electrons. The zero-order chi connectivity index (χ0) is 19.9. The number of likely N-dealkylation sites (tertiary alicyclic amines) is 1. The summed E-state index contributed by atoms with van der Waals surface area (Å²) in [5, 5.41) is 0. The van der Waals surface area contributed by atoms with Gasteiger partial charge in [0, 0.05) is 13.1 Å². The predicted molar refractivity (Wildman–Crippen MR) is 118 cm³/mol. The highest BCUT2D eigenvalue weighted by Crippen LogP contribution is 2.44. The molecule has 1 fully saturated rings. The van der Waals surface area contributed by atoms with Gasteiger partial charge in [-0.15, -0.1) is 0 Å². The number of carbonyl (C=O) groups is 1. The summed E-state index contributed by atoms with van der Waals surface area (Å²) in [4.78, 5) is 17.4. The van der Waals surface area contributed by atoms with Gasteiger partial charge >= 0.3 is 0 Å². The fraction of sp³-hybridized carbons (Fsp3) is 0.762. The lowest BCUT2D eigenvalue weighted by Crippen LogP contribution is -2.36. The van der Waals surface area contributed by atoms with E-state index in [0.29, 0.717) is 0 Å². The number of amides is 1. The predicted octanol–water partition coefficient (Wildman–Crippen LogP) is 3.84. The molecule has 1 heterocycles. The number of ether oxygens (including phenoxy) is 2. The van der Waals surface area contributed by atoms with Crippen molar-refractivity contribution < 1.29 is 14.3 Å². The topological polar surface area (TPSA) is 42.0 Å². The lowest BCUT2D eigenvalue weighted by Gasteiger charge is -2.32. The number of hydrogen-bond donors (Lipinski definition) is 0. The van der Waals surface area contributed by atoms with Gasteiger partial charge in [-0.3, -0.25) is 4.79 Å². The Morgan fingerprint density at radius 2 is 1.81 bits per heavy atom. The van der Waals surface area contributed by atoms with Gasteiger partial charge in [0.05, 0.1) is 25.6 Å². The fourth-order valence-electron chi connectivity index (χ4n) is 4.08. The molecule has 1 spiro atoms. The Balaban J connectivity index is 2.11. The van der Waals surface area contributed by atoms with E-state index < -0.39 is 5.41 Å². The second kappa shape index (κ2) is 10.7. The van der Waals surface area contributed by atoms with Gasteiger partial charge in [-0.05, 0) is 62.9 Å². The van der Waals surface area contributed by atoms with E-state index in [-0.39, 0.29) is 11.8 Å². The zero-order valence-corrected chi connectivity index (χ0v) is 19.5. The summed E-state index contributed by atoms with van der Waals surface area (Å²) in [7, 11) is 7.56. The van der Waals surface area contributed by atoms with Gasteiger partial charge in [-0.25, -0.2) is 0 Å². The van der Waals surface area contributed by atoms with Crippen molar-refractivity contribution in [3.8, 4) is 0 Å². The number of halogens is 1. The Labute approximate surface area is 178 Å². The van der Waals surface area contributed by atoms with Crippen molar-refractivity contribution in [2.75, 3.05) is 52.4 Å². The van der Waals surface area contributed by atoms with Crippen LogP contribution in [0.4, 0.5) is 0 Å². The molecule has 1 saturated heterocycles. The first-order chi connectivity index (χ1) is 13.0. The molecule has 0 saturated carbocycles. The molecule has 2 aliphatic rings. The number of unbranched alkanes of at least 4 members (excludes halogenated alkanes) is 2. The molecule has 0 aromatic heterocycles. The van der Waals surface area contributed by atoms with Crippen LogP contribution in [0.3, 0.4) is 0 Å². The maximum absolute atomic E-state index is 13.2. The Morgan fingerprint density at radius 1 is 1.15 bits per heavy atom. The standard InChI is InChI=1S/C21H35IN2O3/c1-23(2)12-8-13-24-14-10-21(20(24)25)15-18(26-3)17(19(16-21)27-4)9-6-5-7-11-22/h15-17H,5-14H2,1-4H3. The van der Waals surface area contributed by atoms with Crippen molar-refractivity contribution >= 4 is 28.5 Å². The minimum atomic E-state index is -0.590. The van der Waals surface area contributed by atoms with E-state index in [2.05, 4.69) is 53.7 Å². The highest BCUT2D eigenvalue weighted by Gasteiger charge is 2.47. The van der Waals surface area contributed by atoms with Gasteiger partial charge in [0.15, 0.2) is 0 Å². The molecule has 0 N–H and O–H groups in total. The van der Waals surface area contributed by atoms with E-state index in [4.69, 9.17) is 9.47 Å². The van der Waals surface area contributed by atoms with Gasteiger partial charge in [-0.2, -0.15) is 0 Å². The van der Waals surface area contributed by atoms with Crippen LogP contribution in [-0.2, 0) is 14.3 Å². The average Bonchev–Trinajstić information content (AvgIpc) is 2.94. The minimum absolute atomic E-state index is 0.135. The van der Waals surface area contributed by atoms with E-state index in [0.717, 1.165) is 56.8 Å². The van der Waals surface area contributed by atoms with Crippen LogP contribution in [0.15, 0.2) is 23.7 Å². The van der Waals surface area contributed by atoms with Crippen LogP contribution in [0.2, 0.25) is 0 Å². The van der Waals surface area contributed by atoms with Crippen molar-refractivity contribution in [2.45, 2.75) is 38.5 Å². The highest BCUT2D eigenvalue weighted by atomic mass is 127. The third-order valence-corrected chi connectivity index (χ3v) is 6.36. The molecular formula is C21H35IN2O3. The maximum Gasteiger partial charge on any atom is 0.236 e. The van der Waals surface area contributed by atoms with Crippen molar-refractivity contribution in [1.29, 1.82) is 0 Å². The molecule has 0 aromatic rings. The number of nitrogens with zero attached hydrogens (tertiary/aromatic N) is 2. The Kier molecular flexibility index (Phi) is 8.92. The van der Waals surface area contributed by atoms with Gasteiger partial charge in [0.25, 0.3) is 0 Å². The van der Waals surface area contributed by atoms with Crippen LogP contribution in [0.1, 0.15) is 38.5 Å². The van der Waals surface area contributed by atoms with Crippen LogP contribution in [0, 0.1) is 11.3 Å². The summed E-state index contributed by atoms with van der Waals surface area (Å²) in [5.74, 6) is 2.11. The summed E-state index contributed by atoms with van der Waals surface area (Å²) in [6.45, 7) is 2.60. The molecule has 5 nitrogen and oxygen atoms in total. The molecule has 0 bridgehead atoms. The molecule has 1 aliphatic carbocycles. The lowest BCUT2D eigenvalue weighted by molar-refractivity contribution is -0.132. The molecule has 1 amide bonds. The Hall–Kier alpha value is -0.760. The number of rotatable bonds is 11. The van der Waals surface area contributed by atoms with Crippen molar-refractivity contribution in [3.63, 3.8) is 0 Å². The first-order valence-electron chi connectivity index (χ1n) is 10.0. The van der Waals surface area contributed by atoms with E-state index >= 15 is 0 Å². The molecule has 0 atom stereocenters. The van der Waals surface area contributed by atoms with E-state index in [1.807, 2.05) is 4.90 Å². The summed E-state index contributed by atoms with van der Waals surface area (Å²) in [6.07, 6.45) is 10.6. The number of carbonyl (C=O) groups excluding carboxylic acids is 1. The van der Waals surface area contributed by atoms with Crippen LogP contribution in [0.25, 0.3) is 0 Å². The monoisotopic (exact) mass is 490 g/mol. The smallest absolute Gasteiger partial charge is 0.236 e. The van der Waals surface area contributed by atoms with E-state index in [1.165, 1.54) is 17.3 Å². The SMILES string of the molecule is COC1=CC2(C=C(OC)C1CCCCCI)CCN(CCCN(C)C)C2=O. The van der Waals surface area contributed by atoms with Crippen molar-refractivity contribution in [1.82, 2.24) is 9.80 Å². The zero-order valence-electron chi connectivity index (χ0n) is 17.3. The normalized spacial score (nSPS) is 25.2. The number of alkyl halides is 1. The molecule has 1 aliphatic heterocycles. The first kappa shape index (κ1) is 22.5. The number of hydrogen-bond acceptors (Lipinski definition) is 4. The maximum atomic E-state index is 13.2. The molecule has 27 heavy (non-hydrogen) atoms. The van der Waals surface area contributed by atoms with Crippen molar-refractivity contribution in [3.05, 3.63) is 23.7 Å². The number of methoxy groups -OCH3 is 2. The Bertz CT molecular complexity index is 538. The minimum Gasteiger partial charge on any atom is -0.501 e. The van der Waals surface area contributed by atoms with Gasteiger partial charge < -0.3 is 19.3 Å². The highest BCUT2D eigenvalue weighted by molar-refractivity contribution is 14.1. The fourth-order valence-corrected chi connectivity index (χ4v) is 4.62. The first-order valence-corrected chi connectivity index (χ1v) is 11.5. The largest absolute Gasteiger partial charge is 0.501 e. The molecule has 6 heteroatoms. The van der Waals surface area contributed by atoms with Crippen LogP contribution in [-0.4, -0.2) is 68.1 Å². The Morgan fingerprint density at radius 3 is 2.37 bits per heavy atom. The van der Waals surface area contributed by atoms with Crippen LogP contribution in [0.5, 0.6) is 0 Å². The van der Waals surface area contributed by atoms with Gasteiger partial charge in [0.2, 0.25) is 5.91 Å². The molecular weight excluding hydrogens is 455 g/mol. The van der Waals surface area contributed by atoms with Crippen LogP contribution < -0.4 is 0 Å². The third kappa shape index (κ3) is 5.62. The quantitative estimate of drug-likeness (QED) is 0.251. The summed E-state index contributed by atoms with van der Waals surface area (Å²) < 4.78 is 12.7. The average molecular weight is 490 g/mol. The molecule has 0 aromatic carbocycles. The van der Waals surface area contributed by atoms with Crippen molar-refractivity contribution in [2.24, 2.45) is 11.3 Å². The molecule has 2 rings (SSSR count). The van der Waals surface area contributed by atoms with Gasteiger partial charge in [-0.1, -0.05) is 35.4 Å². The second-order valence-electron chi connectivity index (χ2n) is 7.83. The second-order valence-corrected chi connectivity index (χ2v) is 8.91. The van der Waals surface area contributed by atoms with E-state index in [9.17, 15) is 4.79 Å². The third-order valence-electron chi connectivity index (χ3n) is 5.60. The molecule has 0 unspecified atom stereocenters. The van der Waals surface area contributed by atoms with E-state index in [1.54, 1.807) is 14.2 Å². The lowest BCUT2D eigenvalue weighted by atomic mass is 9.77. The molecule has 0 radical (unpaired) electrons. The summed E-state index contributed by atoms with van der Waals surface area (Å²) >= 11 is 2.43. The summed E-state index contributed by atoms with van der Waals surface area (Å²) in [6, 6.07) is 0.